The maximum atomic E-state index is 12.7. The Hall–Kier alpha value is -7.35. The van der Waals surface area contributed by atoms with E-state index in [-0.39, 0.29) is 43.3 Å². The highest BCUT2D eigenvalue weighted by atomic mass is 16.1. The minimum atomic E-state index is 0.0124. The van der Waals surface area contributed by atoms with Crippen molar-refractivity contribution in [2.75, 3.05) is 0 Å². The van der Waals surface area contributed by atoms with E-state index in [1.54, 1.807) is 0 Å². The molecule has 0 bridgehead atoms. The molecule has 0 amide bonds. The number of rotatable bonds is 13. The molecule has 0 radical (unpaired) electrons. The van der Waals surface area contributed by atoms with Crippen LogP contribution in [0.5, 0.6) is 0 Å². The second-order valence-electron chi connectivity index (χ2n) is 33.3. The fourth-order valence-electron chi connectivity index (χ4n) is 10.6. The highest BCUT2D eigenvalue weighted by molar-refractivity contribution is 5.85. The SMILES string of the molecule is CC(C)(C)c1cc(/C=C/c2cc(/C=C/c3cc(C=O)cc(/C=C/c4cc(/C=C/c5cc(C(C)(C)C)cc(C(C)(C)C)c5)cc(/C=C/c5cc(C(C)(C)C)cc(C(C)(C)C)c5)c4)c3)cc(/C=C/c3cc(C(C)(C)C)cc(C(C)(C)C)c3)c2)cc(C(C)(C)C)c1. The molecule has 7 rings (SSSR count). The Bertz CT molecular complexity index is 3260. The zero-order valence-corrected chi connectivity index (χ0v) is 58.5. The lowest BCUT2D eigenvalue weighted by atomic mass is 9.79. The first-order chi connectivity index (χ1) is 40.5. The van der Waals surface area contributed by atoms with Crippen LogP contribution in [0.1, 0.15) is 288 Å². The Kier molecular flexibility index (Phi) is 20.1. The highest BCUT2D eigenvalue weighted by Gasteiger charge is 2.24. The molecule has 7 aromatic carbocycles. The van der Waals surface area contributed by atoms with Crippen LogP contribution in [0.3, 0.4) is 0 Å². The van der Waals surface area contributed by atoms with E-state index in [9.17, 15) is 4.79 Å². The summed E-state index contributed by atoms with van der Waals surface area (Å²) < 4.78 is 0. The van der Waals surface area contributed by atoms with E-state index in [0.29, 0.717) is 5.56 Å². The van der Waals surface area contributed by atoms with Crippen LogP contribution in [0.15, 0.2) is 127 Å². The van der Waals surface area contributed by atoms with Crippen molar-refractivity contribution in [3.63, 3.8) is 0 Å². The van der Waals surface area contributed by atoms with Crippen molar-refractivity contribution in [2.45, 2.75) is 209 Å². The zero-order chi connectivity index (χ0) is 65.2. The third-order valence-electron chi connectivity index (χ3n) is 16.7. The molecule has 0 heterocycles. The smallest absolute Gasteiger partial charge is 0.150 e. The first kappa shape index (κ1) is 68.1. The van der Waals surface area contributed by atoms with Gasteiger partial charge in [0, 0.05) is 5.56 Å². The van der Waals surface area contributed by atoms with E-state index < -0.39 is 0 Å². The first-order valence-corrected chi connectivity index (χ1v) is 32.1. The molecule has 0 atom stereocenters. The van der Waals surface area contributed by atoms with Crippen LogP contribution in [-0.2, 0) is 43.3 Å². The molecule has 7 aromatic rings. The molecule has 0 fully saturated rings. The second-order valence-corrected chi connectivity index (χ2v) is 33.3. The average molecular weight is 1170 g/mol. The van der Waals surface area contributed by atoms with Gasteiger partial charge in [0.2, 0.25) is 0 Å². The predicted octanol–water partition coefficient (Wildman–Crippen LogP) is 24.9. The molecule has 1 nitrogen and oxygen atoms in total. The lowest BCUT2D eigenvalue weighted by molar-refractivity contribution is 0.112. The maximum absolute atomic E-state index is 12.7. The first-order valence-electron chi connectivity index (χ1n) is 32.1. The number of hydrogen-bond acceptors (Lipinski definition) is 1. The number of aldehydes is 1. The zero-order valence-electron chi connectivity index (χ0n) is 58.5. The van der Waals surface area contributed by atoms with Crippen LogP contribution >= 0.6 is 0 Å². The summed E-state index contributed by atoms with van der Waals surface area (Å²) in [6, 6.07) is 48.0. The summed E-state index contributed by atoms with van der Waals surface area (Å²) in [5.74, 6) is 0. The van der Waals surface area contributed by atoms with Gasteiger partial charge in [-0.05, 0) is 209 Å². The van der Waals surface area contributed by atoms with E-state index in [2.05, 4.69) is 354 Å². The lowest BCUT2D eigenvalue weighted by Gasteiger charge is -2.25. The molecule has 0 aromatic heterocycles. The number of hydrogen-bond donors (Lipinski definition) is 0. The van der Waals surface area contributed by atoms with Gasteiger partial charge >= 0.3 is 0 Å². The Morgan fingerprint density at radius 3 is 0.364 bits per heavy atom. The van der Waals surface area contributed by atoms with E-state index in [4.69, 9.17) is 0 Å². The summed E-state index contributed by atoms with van der Waals surface area (Å²) in [5.41, 5.74) is 24.6. The monoisotopic (exact) mass is 1170 g/mol. The molecular formula is C87H106O. The van der Waals surface area contributed by atoms with Gasteiger partial charge in [-0.3, -0.25) is 4.79 Å². The topological polar surface area (TPSA) is 17.1 Å². The molecule has 88 heavy (non-hydrogen) atoms. The average Bonchev–Trinajstić information content (AvgIpc) is 2.00. The minimum Gasteiger partial charge on any atom is -0.298 e. The van der Waals surface area contributed by atoms with Crippen molar-refractivity contribution in [2.24, 2.45) is 0 Å². The quantitative estimate of drug-likeness (QED) is 0.0831. The van der Waals surface area contributed by atoms with Crippen molar-refractivity contribution in [3.05, 3.63) is 244 Å². The van der Waals surface area contributed by atoms with E-state index in [1.165, 1.54) is 66.8 Å². The third-order valence-corrected chi connectivity index (χ3v) is 16.7. The Labute approximate surface area is 534 Å². The molecule has 460 valence electrons. The standard InChI is InChI=1S/C87H106O/c1-80(2,3)72-46-67(47-73(54-72)81(4,5)6)33-29-61-37-59(38-62(41-61)30-34-68-48-74(82(7,8)9)55-75(49-68)83(10,11)12)25-27-65-43-66(45-71(44-65)58-88)28-26-60-39-63(31-35-69-50-76(84(13,14)15)56-77(51-69)85(16,17)18)42-64(40-60)32-36-70-52-78(86(19,20)21)57-79(53-70)87(22,23)24/h25-58H,1-24H3/b27-25+,28-26+,33-29+,34-30+,35-31+,36-32+. The van der Waals surface area contributed by atoms with Gasteiger partial charge in [0.25, 0.3) is 0 Å². The minimum absolute atomic E-state index is 0.0124. The summed E-state index contributed by atoms with van der Waals surface area (Å²) in [6.07, 6.45) is 27.7. The molecular weight excluding hydrogens is 1060 g/mol. The molecule has 0 saturated carbocycles. The molecule has 0 aliphatic rings. The summed E-state index contributed by atoms with van der Waals surface area (Å²) in [6.45, 7) is 55.0. The van der Waals surface area contributed by atoms with Gasteiger partial charge < -0.3 is 0 Å². The lowest BCUT2D eigenvalue weighted by Crippen LogP contribution is -2.16. The summed E-state index contributed by atoms with van der Waals surface area (Å²) in [7, 11) is 0. The molecule has 0 aliphatic carbocycles. The van der Waals surface area contributed by atoms with Gasteiger partial charge in [-0.15, -0.1) is 0 Å². The third kappa shape index (κ3) is 19.3. The number of benzene rings is 7. The van der Waals surface area contributed by atoms with Crippen LogP contribution in [0, 0.1) is 0 Å². The van der Waals surface area contributed by atoms with Gasteiger partial charge in [0.15, 0.2) is 0 Å². The van der Waals surface area contributed by atoms with Crippen molar-refractivity contribution >= 4 is 79.2 Å². The molecule has 0 unspecified atom stereocenters. The number of carbonyl (C=O) groups excluding carboxylic acids is 1. The molecule has 0 spiro atoms. The largest absolute Gasteiger partial charge is 0.298 e. The molecule has 0 N–H and O–H groups in total. The second kappa shape index (κ2) is 26.0. The van der Waals surface area contributed by atoms with E-state index in [1.807, 2.05) is 12.1 Å². The van der Waals surface area contributed by atoms with Crippen LogP contribution in [0.25, 0.3) is 72.9 Å². The fraction of sp³-hybridized carbons (Fsp3) is 0.368. The Morgan fingerprint density at radius 2 is 0.261 bits per heavy atom. The van der Waals surface area contributed by atoms with E-state index in [0.717, 1.165) is 50.8 Å². The van der Waals surface area contributed by atoms with Crippen LogP contribution in [-0.4, -0.2) is 6.29 Å². The van der Waals surface area contributed by atoms with Crippen LogP contribution in [0.4, 0.5) is 0 Å². The summed E-state index contributed by atoms with van der Waals surface area (Å²) in [4.78, 5) is 12.7. The summed E-state index contributed by atoms with van der Waals surface area (Å²) >= 11 is 0. The normalized spacial score (nSPS) is 13.7. The van der Waals surface area contributed by atoms with Crippen molar-refractivity contribution in [1.82, 2.24) is 0 Å². The predicted molar refractivity (Wildman–Crippen MR) is 394 cm³/mol. The van der Waals surface area contributed by atoms with Crippen LogP contribution in [0.2, 0.25) is 0 Å². The van der Waals surface area contributed by atoms with E-state index >= 15 is 0 Å². The van der Waals surface area contributed by atoms with Crippen molar-refractivity contribution in [3.8, 4) is 0 Å². The van der Waals surface area contributed by atoms with Gasteiger partial charge in [-0.1, -0.05) is 312 Å². The van der Waals surface area contributed by atoms with Gasteiger partial charge in [0.1, 0.15) is 6.29 Å². The van der Waals surface area contributed by atoms with Crippen LogP contribution < -0.4 is 0 Å². The summed E-state index contributed by atoms with van der Waals surface area (Å²) in [5, 5.41) is 0. The molecule has 0 aliphatic heterocycles. The molecule has 0 saturated heterocycles. The van der Waals surface area contributed by atoms with Crippen molar-refractivity contribution < 1.29 is 4.79 Å². The van der Waals surface area contributed by atoms with Crippen molar-refractivity contribution in [1.29, 1.82) is 0 Å². The van der Waals surface area contributed by atoms with Gasteiger partial charge in [-0.2, -0.15) is 0 Å². The Morgan fingerprint density at radius 1 is 0.159 bits per heavy atom. The Balaban J connectivity index is 1.31. The highest BCUT2D eigenvalue weighted by Crippen LogP contribution is 2.36. The van der Waals surface area contributed by atoms with Gasteiger partial charge in [0.05, 0.1) is 0 Å². The molecule has 1 heteroatoms. The maximum Gasteiger partial charge on any atom is 0.150 e. The number of carbonyl (C=O) groups is 1. The fourth-order valence-corrected chi connectivity index (χ4v) is 10.6. The van der Waals surface area contributed by atoms with Gasteiger partial charge in [-0.25, -0.2) is 0 Å².